The van der Waals surface area contributed by atoms with E-state index >= 15 is 0 Å². The van der Waals surface area contributed by atoms with Crippen LogP contribution in [0.4, 0.5) is 5.13 Å². The van der Waals surface area contributed by atoms with Gasteiger partial charge in [-0.1, -0.05) is 19.4 Å². The van der Waals surface area contributed by atoms with E-state index in [9.17, 15) is 4.79 Å². The second kappa shape index (κ2) is 7.66. The SMILES string of the molecule is CC1=C/C(=N/NC(=O)Cc2csc(N3CCOCC3)n2)CC(C)(C)C1. The van der Waals surface area contributed by atoms with Crippen LogP contribution in [0.25, 0.3) is 0 Å². The van der Waals surface area contributed by atoms with Crippen molar-refractivity contribution < 1.29 is 9.53 Å². The van der Waals surface area contributed by atoms with Crippen LogP contribution >= 0.6 is 11.3 Å². The molecule has 0 saturated carbocycles. The van der Waals surface area contributed by atoms with Crippen LogP contribution in [-0.4, -0.2) is 42.9 Å². The van der Waals surface area contributed by atoms with Gasteiger partial charge in [-0.05, 0) is 31.3 Å². The number of thiazole rings is 1. The van der Waals surface area contributed by atoms with Crippen molar-refractivity contribution in [1.82, 2.24) is 10.4 Å². The third-order valence-electron chi connectivity index (χ3n) is 4.32. The first kappa shape index (κ1) is 18.1. The van der Waals surface area contributed by atoms with E-state index in [1.165, 1.54) is 5.57 Å². The number of ether oxygens (including phenoxy) is 1. The number of allylic oxidation sites excluding steroid dienone is 2. The maximum Gasteiger partial charge on any atom is 0.246 e. The van der Waals surface area contributed by atoms with Crippen LogP contribution in [-0.2, 0) is 16.0 Å². The van der Waals surface area contributed by atoms with Gasteiger partial charge in [-0.2, -0.15) is 5.10 Å². The summed E-state index contributed by atoms with van der Waals surface area (Å²) in [7, 11) is 0. The van der Waals surface area contributed by atoms with Gasteiger partial charge in [0, 0.05) is 18.5 Å². The van der Waals surface area contributed by atoms with Gasteiger partial charge in [0.2, 0.25) is 5.91 Å². The van der Waals surface area contributed by atoms with Crippen LogP contribution in [0.15, 0.2) is 22.1 Å². The van der Waals surface area contributed by atoms with Crippen molar-refractivity contribution in [1.29, 1.82) is 0 Å². The first-order valence-corrected chi connectivity index (χ1v) is 9.59. The Morgan fingerprint density at radius 3 is 2.88 bits per heavy atom. The Hall–Kier alpha value is -1.73. The zero-order valence-corrected chi connectivity index (χ0v) is 16.0. The van der Waals surface area contributed by atoms with Crippen molar-refractivity contribution in [2.24, 2.45) is 10.5 Å². The van der Waals surface area contributed by atoms with Gasteiger partial charge in [0.25, 0.3) is 0 Å². The molecule has 0 aromatic carbocycles. The first-order valence-electron chi connectivity index (χ1n) is 8.71. The van der Waals surface area contributed by atoms with Crippen molar-refractivity contribution >= 4 is 28.1 Å². The highest BCUT2D eigenvalue weighted by molar-refractivity contribution is 7.13. The van der Waals surface area contributed by atoms with E-state index in [0.717, 1.165) is 55.7 Å². The Labute approximate surface area is 153 Å². The molecule has 1 saturated heterocycles. The molecule has 6 nitrogen and oxygen atoms in total. The van der Waals surface area contributed by atoms with Gasteiger partial charge in [0.05, 0.1) is 31.0 Å². The molecule has 2 heterocycles. The summed E-state index contributed by atoms with van der Waals surface area (Å²) in [6, 6.07) is 0. The molecule has 1 amide bonds. The molecule has 1 N–H and O–H groups in total. The number of anilines is 1. The number of morpholine rings is 1. The maximum absolute atomic E-state index is 12.2. The monoisotopic (exact) mass is 362 g/mol. The lowest BCUT2D eigenvalue weighted by Crippen LogP contribution is -2.36. The second-order valence-corrected chi connectivity index (χ2v) is 8.38. The van der Waals surface area contributed by atoms with Crippen molar-refractivity contribution in [2.45, 2.75) is 40.0 Å². The lowest BCUT2D eigenvalue weighted by Gasteiger charge is -2.29. The molecular formula is C18H26N4O2S. The lowest BCUT2D eigenvalue weighted by molar-refractivity contribution is -0.120. The summed E-state index contributed by atoms with van der Waals surface area (Å²) in [6.45, 7) is 9.74. The number of aromatic nitrogens is 1. The predicted octanol–water partition coefficient (Wildman–Crippen LogP) is 2.76. The number of nitrogens with one attached hydrogen (secondary N) is 1. The number of carbonyl (C=O) groups is 1. The van der Waals surface area contributed by atoms with E-state index in [0.29, 0.717) is 0 Å². The molecule has 1 aliphatic heterocycles. The minimum atomic E-state index is -0.124. The average molecular weight is 362 g/mol. The third-order valence-corrected chi connectivity index (χ3v) is 5.27. The fourth-order valence-electron chi connectivity index (χ4n) is 3.38. The molecule has 0 unspecified atom stereocenters. The highest BCUT2D eigenvalue weighted by Crippen LogP contribution is 2.33. The standard InChI is InChI=1S/C18H26N4O2S/c1-13-8-14(11-18(2,3)10-13)20-21-16(23)9-15-12-25-17(19-15)22-4-6-24-7-5-22/h8,12H,4-7,9-11H2,1-3H3,(H,21,23)/b20-14-. The Kier molecular flexibility index (Phi) is 5.54. The Balaban J connectivity index is 1.55. The molecule has 7 heteroatoms. The lowest BCUT2D eigenvalue weighted by atomic mass is 9.77. The zero-order valence-electron chi connectivity index (χ0n) is 15.2. The summed E-state index contributed by atoms with van der Waals surface area (Å²) in [5, 5.41) is 7.22. The van der Waals surface area contributed by atoms with Crippen LogP contribution < -0.4 is 10.3 Å². The average Bonchev–Trinajstić information content (AvgIpc) is 3.00. The minimum absolute atomic E-state index is 0.124. The number of hydrogen-bond donors (Lipinski definition) is 1. The summed E-state index contributed by atoms with van der Waals surface area (Å²) in [5.74, 6) is -0.124. The van der Waals surface area contributed by atoms with Gasteiger partial charge in [-0.15, -0.1) is 11.3 Å². The van der Waals surface area contributed by atoms with E-state index in [-0.39, 0.29) is 17.7 Å². The molecule has 1 fully saturated rings. The summed E-state index contributed by atoms with van der Waals surface area (Å²) in [6.07, 6.45) is 4.28. The normalized spacial score (nSPS) is 22.0. The van der Waals surface area contributed by atoms with Crippen LogP contribution in [0, 0.1) is 5.41 Å². The molecule has 3 rings (SSSR count). The predicted molar refractivity (Wildman–Crippen MR) is 101 cm³/mol. The number of rotatable bonds is 4. The largest absolute Gasteiger partial charge is 0.378 e. The van der Waals surface area contributed by atoms with Gasteiger partial charge in [-0.25, -0.2) is 10.4 Å². The minimum Gasteiger partial charge on any atom is -0.378 e. The van der Waals surface area contributed by atoms with Gasteiger partial charge in [-0.3, -0.25) is 4.79 Å². The molecule has 0 atom stereocenters. The first-order chi connectivity index (χ1) is 11.9. The number of hydrazone groups is 1. The van der Waals surface area contributed by atoms with Crippen LogP contribution in [0.1, 0.15) is 39.3 Å². The molecule has 1 aromatic heterocycles. The Morgan fingerprint density at radius 2 is 2.16 bits per heavy atom. The fraction of sp³-hybridized carbons (Fsp3) is 0.611. The van der Waals surface area contributed by atoms with Crippen LogP contribution in [0.5, 0.6) is 0 Å². The van der Waals surface area contributed by atoms with Gasteiger partial charge in [0.1, 0.15) is 0 Å². The van der Waals surface area contributed by atoms with Crippen molar-refractivity contribution in [3.05, 3.63) is 22.7 Å². The quantitative estimate of drug-likeness (QED) is 0.837. The van der Waals surface area contributed by atoms with Gasteiger partial charge < -0.3 is 9.64 Å². The van der Waals surface area contributed by atoms with Crippen molar-refractivity contribution in [3.8, 4) is 0 Å². The molecule has 0 radical (unpaired) electrons. The van der Waals surface area contributed by atoms with Crippen molar-refractivity contribution in [3.63, 3.8) is 0 Å². The molecule has 0 spiro atoms. The topological polar surface area (TPSA) is 66.8 Å². The number of hydrogen-bond acceptors (Lipinski definition) is 6. The van der Waals surface area contributed by atoms with E-state index in [1.807, 2.05) is 5.38 Å². The number of nitrogens with zero attached hydrogens (tertiary/aromatic N) is 3. The molecule has 0 bridgehead atoms. The second-order valence-electron chi connectivity index (χ2n) is 7.54. The van der Waals surface area contributed by atoms with E-state index in [4.69, 9.17) is 4.74 Å². The molecule has 1 aliphatic carbocycles. The molecular weight excluding hydrogens is 336 g/mol. The fourth-order valence-corrected chi connectivity index (χ4v) is 4.26. The summed E-state index contributed by atoms with van der Waals surface area (Å²) < 4.78 is 5.36. The van der Waals surface area contributed by atoms with Crippen molar-refractivity contribution in [2.75, 3.05) is 31.2 Å². The zero-order chi connectivity index (χ0) is 17.9. The smallest absolute Gasteiger partial charge is 0.246 e. The van der Waals surface area contributed by atoms with E-state index in [1.54, 1.807) is 11.3 Å². The number of carbonyl (C=O) groups excluding carboxylic acids is 1. The molecule has 136 valence electrons. The molecule has 1 aromatic rings. The number of amides is 1. The summed E-state index contributed by atoms with van der Waals surface area (Å²) >= 11 is 1.58. The Morgan fingerprint density at radius 1 is 1.40 bits per heavy atom. The summed E-state index contributed by atoms with van der Waals surface area (Å²) in [5.41, 5.74) is 5.92. The maximum atomic E-state index is 12.2. The molecule has 2 aliphatic rings. The van der Waals surface area contributed by atoms with Gasteiger partial charge >= 0.3 is 0 Å². The Bertz CT molecular complexity index is 687. The van der Waals surface area contributed by atoms with E-state index < -0.39 is 0 Å². The van der Waals surface area contributed by atoms with Crippen LogP contribution in [0.3, 0.4) is 0 Å². The van der Waals surface area contributed by atoms with E-state index in [2.05, 4.69) is 47.3 Å². The summed E-state index contributed by atoms with van der Waals surface area (Å²) in [4.78, 5) is 18.9. The van der Waals surface area contributed by atoms with Crippen LogP contribution in [0.2, 0.25) is 0 Å². The third kappa shape index (κ3) is 5.12. The molecule has 25 heavy (non-hydrogen) atoms. The highest BCUT2D eigenvalue weighted by atomic mass is 32.1. The van der Waals surface area contributed by atoms with Gasteiger partial charge in [0.15, 0.2) is 5.13 Å². The highest BCUT2D eigenvalue weighted by Gasteiger charge is 2.24.